The summed E-state index contributed by atoms with van der Waals surface area (Å²) >= 11 is 0. The third-order valence-electron chi connectivity index (χ3n) is 5.91. The molecule has 0 fully saturated rings. The zero-order valence-corrected chi connectivity index (χ0v) is 18.9. The van der Waals surface area contributed by atoms with Crippen molar-refractivity contribution in [3.05, 3.63) is 64.5 Å². The van der Waals surface area contributed by atoms with E-state index in [-0.39, 0.29) is 17.9 Å². The van der Waals surface area contributed by atoms with E-state index in [2.05, 4.69) is 20.6 Å². The SMILES string of the molecule is C[C@@H](N)CC1(c2nn[nH]n2)c2ccc(C(=O)N(C)C)cc2-c2cc(C(=O)N(C)C)ccc21. The highest BCUT2D eigenvalue weighted by atomic mass is 16.2. The second-order valence-corrected chi connectivity index (χ2v) is 8.74. The van der Waals surface area contributed by atoms with Crippen molar-refractivity contribution in [1.29, 1.82) is 0 Å². The van der Waals surface area contributed by atoms with E-state index in [9.17, 15) is 9.59 Å². The lowest BCUT2D eigenvalue weighted by Crippen LogP contribution is -2.35. The molecule has 4 rings (SSSR count). The van der Waals surface area contributed by atoms with Crippen LogP contribution in [0.4, 0.5) is 0 Å². The summed E-state index contributed by atoms with van der Waals surface area (Å²) in [6.07, 6.45) is 0.536. The van der Waals surface area contributed by atoms with Gasteiger partial charge in [-0.25, -0.2) is 0 Å². The van der Waals surface area contributed by atoms with E-state index in [1.165, 1.54) is 9.80 Å². The molecule has 0 radical (unpaired) electrons. The van der Waals surface area contributed by atoms with Crippen LogP contribution in [0.5, 0.6) is 0 Å². The molecule has 2 aromatic carbocycles. The number of nitrogens with zero attached hydrogens (tertiary/aromatic N) is 5. The van der Waals surface area contributed by atoms with Gasteiger partial charge in [0.2, 0.25) is 0 Å². The standard InChI is InChI=1S/C23H27N7O2/c1-13(24)12-23(22-25-27-28-26-22)18-8-6-14(20(31)29(2)3)10-16(18)17-11-15(7-9-19(17)23)21(32)30(4)5/h6-11,13H,12,24H2,1-5H3,(H,25,26,27,28)/t13-/m1/s1. The number of nitrogens with two attached hydrogens (primary N) is 1. The number of fused-ring (bicyclic) bond motifs is 3. The molecule has 0 saturated heterocycles. The summed E-state index contributed by atoms with van der Waals surface area (Å²) in [5.74, 6) is 0.312. The summed E-state index contributed by atoms with van der Waals surface area (Å²) in [6, 6.07) is 11.1. The van der Waals surface area contributed by atoms with Crippen LogP contribution in [0.1, 0.15) is 51.0 Å². The van der Waals surface area contributed by atoms with Gasteiger partial charge in [0, 0.05) is 45.4 Å². The number of benzene rings is 2. The van der Waals surface area contributed by atoms with Crippen LogP contribution in [0.2, 0.25) is 0 Å². The van der Waals surface area contributed by atoms with Gasteiger partial charge < -0.3 is 15.5 Å². The molecule has 1 heterocycles. The van der Waals surface area contributed by atoms with E-state index in [0.29, 0.717) is 23.4 Å². The molecule has 3 aromatic rings. The first-order chi connectivity index (χ1) is 15.2. The van der Waals surface area contributed by atoms with Gasteiger partial charge in [-0.15, -0.1) is 10.2 Å². The highest BCUT2D eigenvalue weighted by molar-refractivity contribution is 5.99. The smallest absolute Gasteiger partial charge is 0.253 e. The number of carbonyl (C=O) groups is 2. The minimum absolute atomic E-state index is 0.0980. The Kier molecular flexibility index (Phi) is 5.29. The van der Waals surface area contributed by atoms with E-state index < -0.39 is 5.41 Å². The first kappa shape index (κ1) is 21.6. The zero-order chi connectivity index (χ0) is 23.2. The molecule has 0 spiro atoms. The number of carbonyl (C=O) groups excluding carboxylic acids is 2. The molecule has 3 N–H and O–H groups in total. The summed E-state index contributed by atoms with van der Waals surface area (Å²) in [5, 5.41) is 15.0. The molecule has 32 heavy (non-hydrogen) atoms. The summed E-state index contributed by atoms with van der Waals surface area (Å²) < 4.78 is 0. The Balaban J connectivity index is 2.04. The molecule has 9 heteroatoms. The van der Waals surface area contributed by atoms with E-state index in [1.807, 2.05) is 43.3 Å². The fraction of sp³-hybridized carbons (Fsp3) is 0.348. The lowest BCUT2D eigenvalue weighted by Gasteiger charge is -2.30. The molecule has 1 aromatic heterocycles. The van der Waals surface area contributed by atoms with E-state index in [0.717, 1.165) is 22.3 Å². The van der Waals surface area contributed by atoms with Crippen LogP contribution in [0.15, 0.2) is 36.4 Å². The van der Waals surface area contributed by atoms with E-state index in [1.54, 1.807) is 28.2 Å². The third-order valence-corrected chi connectivity index (χ3v) is 5.91. The number of hydrogen-bond donors (Lipinski definition) is 2. The van der Waals surface area contributed by atoms with Gasteiger partial charge in [-0.2, -0.15) is 5.21 Å². The Bertz CT molecular complexity index is 1110. The molecular formula is C23H27N7O2. The Labute approximate surface area is 186 Å². The lowest BCUT2D eigenvalue weighted by atomic mass is 9.73. The monoisotopic (exact) mass is 433 g/mol. The molecule has 0 saturated carbocycles. The molecule has 0 bridgehead atoms. The Hall–Kier alpha value is -3.59. The van der Waals surface area contributed by atoms with Gasteiger partial charge in [0.1, 0.15) is 0 Å². The lowest BCUT2D eigenvalue weighted by molar-refractivity contribution is 0.0820. The molecular weight excluding hydrogens is 406 g/mol. The van der Waals surface area contributed by atoms with Crippen LogP contribution in [-0.2, 0) is 5.41 Å². The first-order valence-corrected chi connectivity index (χ1v) is 10.4. The van der Waals surface area contributed by atoms with Crippen LogP contribution in [0.25, 0.3) is 11.1 Å². The number of aromatic nitrogens is 4. The molecule has 0 aliphatic heterocycles. The van der Waals surface area contributed by atoms with Crippen molar-refractivity contribution in [3.8, 4) is 11.1 Å². The number of tetrazole rings is 1. The van der Waals surface area contributed by atoms with Crippen molar-refractivity contribution < 1.29 is 9.59 Å². The predicted molar refractivity (Wildman–Crippen MR) is 120 cm³/mol. The fourth-order valence-corrected chi connectivity index (χ4v) is 4.58. The van der Waals surface area contributed by atoms with Gasteiger partial charge in [0.15, 0.2) is 5.82 Å². The van der Waals surface area contributed by atoms with Crippen LogP contribution < -0.4 is 5.73 Å². The molecule has 9 nitrogen and oxygen atoms in total. The average molecular weight is 434 g/mol. The normalized spacial score (nSPS) is 14.4. The van der Waals surface area contributed by atoms with Crippen LogP contribution in [0, 0.1) is 0 Å². The summed E-state index contributed by atoms with van der Waals surface area (Å²) in [6.45, 7) is 1.94. The number of aromatic amines is 1. The van der Waals surface area contributed by atoms with E-state index in [4.69, 9.17) is 5.73 Å². The largest absolute Gasteiger partial charge is 0.345 e. The topological polar surface area (TPSA) is 121 Å². The molecule has 1 aliphatic rings. The van der Waals surface area contributed by atoms with Crippen LogP contribution in [0.3, 0.4) is 0 Å². The zero-order valence-electron chi connectivity index (χ0n) is 18.9. The van der Waals surface area contributed by atoms with Crippen LogP contribution in [-0.4, -0.2) is 76.5 Å². The van der Waals surface area contributed by atoms with Gasteiger partial charge in [-0.05, 0) is 59.9 Å². The molecule has 2 amide bonds. The molecule has 1 aliphatic carbocycles. The van der Waals surface area contributed by atoms with Crippen LogP contribution >= 0.6 is 0 Å². The summed E-state index contributed by atoms with van der Waals surface area (Å²) in [5.41, 5.74) is 10.3. The number of H-pyrrole nitrogens is 1. The van der Waals surface area contributed by atoms with Gasteiger partial charge in [0.25, 0.3) is 11.8 Å². The van der Waals surface area contributed by atoms with Crippen molar-refractivity contribution in [2.75, 3.05) is 28.2 Å². The first-order valence-electron chi connectivity index (χ1n) is 10.4. The molecule has 0 unspecified atom stereocenters. The quantitative estimate of drug-likeness (QED) is 0.631. The maximum absolute atomic E-state index is 12.7. The number of amides is 2. The van der Waals surface area contributed by atoms with Crippen molar-refractivity contribution in [2.24, 2.45) is 5.73 Å². The minimum atomic E-state index is -0.745. The third kappa shape index (κ3) is 3.25. The van der Waals surface area contributed by atoms with Gasteiger partial charge in [0.05, 0.1) is 5.41 Å². The Morgan fingerprint density at radius 3 is 1.84 bits per heavy atom. The summed E-state index contributed by atoms with van der Waals surface area (Å²) in [4.78, 5) is 28.5. The average Bonchev–Trinajstić information content (AvgIpc) is 3.38. The Morgan fingerprint density at radius 2 is 1.47 bits per heavy atom. The number of nitrogens with one attached hydrogen (secondary N) is 1. The maximum Gasteiger partial charge on any atom is 0.253 e. The van der Waals surface area contributed by atoms with Gasteiger partial charge >= 0.3 is 0 Å². The van der Waals surface area contributed by atoms with Crippen molar-refractivity contribution in [1.82, 2.24) is 30.4 Å². The minimum Gasteiger partial charge on any atom is -0.345 e. The second-order valence-electron chi connectivity index (χ2n) is 8.74. The predicted octanol–water partition coefficient (Wildman–Crippen LogP) is 1.66. The maximum atomic E-state index is 12.7. The molecule has 1 atom stereocenters. The van der Waals surface area contributed by atoms with Crippen molar-refractivity contribution >= 4 is 11.8 Å². The van der Waals surface area contributed by atoms with Gasteiger partial charge in [-0.3, -0.25) is 9.59 Å². The number of hydrogen-bond acceptors (Lipinski definition) is 6. The van der Waals surface area contributed by atoms with E-state index >= 15 is 0 Å². The van der Waals surface area contributed by atoms with Gasteiger partial charge in [-0.1, -0.05) is 17.3 Å². The Morgan fingerprint density at radius 1 is 0.969 bits per heavy atom. The highest BCUT2D eigenvalue weighted by Crippen LogP contribution is 2.54. The molecule has 166 valence electrons. The summed E-state index contributed by atoms with van der Waals surface area (Å²) in [7, 11) is 6.88. The fourth-order valence-electron chi connectivity index (χ4n) is 4.58. The van der Waals surface area contributed by atoms with Crippen molar-refractivity contribution in [2.45, 2.75) is 24.8 Å². The highest BCUT2D eigenvalue weighted by Gasteiger charge is 2.48. The number of rotatable bonds is 5. The van der Waals surface area contributed by atoms with Crippen molar-refractivity contribution in [3.63, 3.8) is 0 Å². The second kappa shape index (κ2) is 7.83.